The molecule has 0 aromatic rings. The van der Waals surface area contributed by atoms with Gasteiger partial charge in [0.2, 0.25) is 0 Å². The number of carbonyl (C=O) groups is 1. The van der Waals surface area contributed by atoms with E-state index in [1.807, 2.05) is 0 Å². The molecule has 0 atom stereocenters. The fourth-order valence-corrected chi connectivity index (χ4v) is 0.884. The Morgan fingerprint density at radius 3 is 3.25 bits per heavy atom. The highest BCUT2D eigenvalue weighted by Gasteiger charge is 2.06. The molecule has 0 saturated heterocycles. The van der Waals surface area contributed by atoms with Crippen molar-refractivity contribution in [3.05, 3.63) is 0 Å². The Bertz CT molecular complexity index is 191. The van der Waals surface area contributed by atoms with E-state index in [9.17, 15) is 4.79 Å². The van der Waals surface area contributed by atoms with Crippen LogP contribution in [-0.4, -0.2) is 38.2 Å². The minimum atomic E-state index is -0.256. The first-order chi connectivity index (χ1) is 5.83. The molecule has 0 saturated carbocycles. The smallest absolute Gasteiger partial charge is 0.325 e. The van der Waals surface area contributed by atoms with E-state index < -0.39 is 0 Å². The molecule has 12 heavy (non-hydrogen) atoms. The molecule has 0 amide bonds. The Morgan fingerprint density at radius 2 is 2.67 bits per heavy atom. The number of carbonyl (C=O) groups excluding carboxylic acids is 1. The molecule has 0 unspecified atom stereocenters. The number of nitrogens with one attached hydrogen (secondary N) is 2. The van der Waals surface area contributed by atoms with Gasteiger partial charge in [0.1, 0.15) is 6.54 Å². The van der Waals surface area contributed by atoms with Crippen molar-refractivity contribution in [2.24, 2.45) is 4.99 Å². The Kier molecular flexibility index (Phi) is 3.37. The summed E-state index contributed by atoms with van der Waals surface area (Å²) < 4.78 is 4.72. The number of esters is 1. The van der Waals surface area contributed by atoms with Crippen molar-refractivity contribution in [1.82, 2.24) is 10.6 Å². The molecule has 0 fully saturated rings. The summed E-state index contributed by atoms with van der Waals surface area (Å²) in [6, 6.07) is 0. The van der Waals surface area contributed by atoms with Crippen LogP contribution in [0, 0.1) is 0 Å². The fraction of sp³-hybridized carbons (Fsp3) is 0.714. The third-order valence-corrected chi connectivity index (χ3v) is 1.38. The maximum atomic E-state index is 10.8. The van der Waals surface area contributed by atoms with Gasteiger partial charge in [0.05, 0.1) is 13.2 Å². The van der Waals surface area contributed by atoms with E-state index in [-0.39, 0.29) is 12.5 Å². The Labute approximate surface area is 71.2 Å². The van der Waals surface area contributed by atoms with Crippen LogP contribution in [0.3, 0.4) is 0 Å². The first-order valence-electron chi connectivity index (χ1n) is 4.00. The second-order valence-corrected chi connectivity index (χ2v) is 2.32. The minimum absolute atomic E-state index is 0.180. The van der Waals surface area contributed by atoms with Gasteiger partial charge in [-0.25, -0.2) is 0 Å². The van der Waals surface area contributed by atoms with Gasteiger partial charge in [-0.2, -0.15) is 0 Å². The summed E-state index contributed by atoms with van der Waals surface area (Å²) in [5, 5.41) is 5.82. The van der Waals surface area contributed by atoms with Gasteiger partial charge in [-0.3, -0.25) is 9.79 Å². The molecule has 1 rings (SSSR count). The largest absolute Gasteiger partial charge is 0.465 e. The van der Waals surface area contributed by atoms with E-state index in [1.54, 1.807) is 6.92 Å². The molecule has 0 aliphatic carbocycles. The predicted octanol–water partition coefficient (Wildman–Crippen LogP) is -0.902. The lowest BCUT2D eigenvalue weighted by atomic mass is 10.6. The molecule has 0 spiro atoms. The number of guanidine groups is 1. The second-order valence-electron chi connectivity index (χ2n) is 2.32. The summed E-state index contributed by atoms with van der Waals surface area (Å²) >= 11 is 0. The van der Waals surface area contributed by atoms with Crippen molar-refractivity contribution in [3.8, 4) is 0 Å². The molecule has 1 aliphatic rings. The van der Waals surface area contributed by atoms with Crippen LogP contribution in [-0.2, 0) is 9.53 Å². The fourth-order valence-electron chi connectivity index (χ4n) is 0.884. The SMILES string of the molecule is CCOC(=O)CNC1=NCCN1. The van der Waals surface area contributed by atoms with Crippen molar-refractivity contribution < 1.29 is 9.53 Å². The van der Waals surface area contributed by atoms with Crippen molar-refractivity contribution in [1.29, 1.82) is 0 Å². The number of nitrogens with zero attached hydrogens (tertiary/aromatic N) is 1. The molecule has 0 aromatic carbocycles. The molecule has 1 heterocycles. The number of ether oxygens (including phenoxy) is 1. The molecule has 0 radical (unpaired) electrons. The molecular weight excluding hydrogens is 158 g/mol. The Hall–Kier alpha value is -1.26. The average molecular weight is 171 g/mol. The quantitative estimate of drug-likeness (QED) is 0.540. The van der Waals surface area contributed by atoms with E-state index in [0.717, 1.165) is 13.1 Å². The van der Waals surface area contributed by atoms with Crippen LogP contribution in [0.5, 0.6) is 0 Å². The lowest BCUT2D eigenvalue weighted by Crippen LogP contribution is -2.37. The first-order valence-corrected chi connectivity index (χ1v) is 4.00. The third-order valence-electron chi connectivity index (χ3n) is 1.38. The van der Waals surface area contributed by atoms with E-state index in [0.29, 0.717) is 12.6 Å². The molecule has 0 aromatic heterocycles. The van der Waals surface area contributed by atoms with Crippen LogP contribution in [0.25, 0.3) is 0 Å². The van der Waals surface area contributed by atoms with Crippen molar-refractivity contribution in [3.63, 3.8) is 0 Å². The highest BCUT2D eigenvalue weighted by atomic mass is 16.5. The second kappa shape index (κ2) is 4.58. The zero-order valence-electron chi connectivity index (χ0n) is 7.09. The summed E-state index contributed by atoms with van der Waals surface area (Å²) in [4.78, 5) is 14.9. The number of hydrogen-bond acceptors (Lipinski definition) is 5. The Balaban J connectivity index is 2.12. The van der Waals surface area contributed by atoms with Crippen LogP contribution >= 0.6 is 0 Å². The average Bonchev–Trinajstić information content (AvgIpc) is 2.53. The maximum absolute atomic E-state index is 10.8. The molecular formula is C7H13N3O2. The highest BCUT2D eigenvalue weighted by molar-refractivity contribution is 5.85. The monoisotopic (exact) mass is 171 g/mol. The minimum Gasteiger partial charge on any atom is -0.465 e. The van der Waals surface area contributed by atoms with Gasteiger partial charge in [0.25, 0.3) is 0 Å². The Morgan fingerprint density at radius 1 is 1.83 bits per heavy atom. The molecule has 68 valence electrons. The van der Waals surface area contributed by atoms with Gasteiger partial charge >= 0.3 is 5.97 Å². The molecule has 1 aliphatic heterocycles. The summed E-state index contributed by atoms with van der Waals surface area (Å²) in [5.41, 5.74) is 0. The van der Waals surface area contributed by atoms with Crippen molar-refractivity contribution in [2.45, 2.75) is 6.92 Å². The molecule has 2 N–H and O–H groups in total. The predicted molar refractivity (Wildman–Crippen MR) is 44.9 cm³/mol. The maximum Gasteiger partial charge on any atom is 0.325 e. The summed E-state index contributed by atoms with van der Waals surface area (Å²) in [5.74, 6) is 0.428. The van der Waals surface area contributed by atoms with Crippen molar-refractivity contribution in [2.75, 3.05) is 26.2 Å². The van der Waals surface area contributed by atoms with E-state index in [2.05, 4.69) is 15.6 Å². The molecule has 5 heteroatoms. The molecule has 0 bridgehead atoms. The van der Waals surface area contributed by atoms with E-state index >= 15 is 0 Å². The first kappa shape index (κ1) is 8.83. The van der Waals surface area contributed by atoms with E-state index in [1.165, 1.54) is 0 Å². The van der Waals surface area contributed by atoms with Crippen LogP contribution in [0.15, 0.2) is 4.99 Å². The zero-order chi connectivity index (χ0) is 8.81. The van der Waals surface area contributed by atoms with Gasteiger partial charge in [0, 0.05) is 6.54 Å². The standard InChI is InChI=1S/C7H13N3O2/c1-2-12-6(11)5-10-7-8-3-4-9-7/h2-5H2,1H3,(H2,8,9,10). The van der Waals surface area contributed by atoms with Crippen LogP contribution in [0.2, 0.25) is 0 Å². The van der Waals surface area contributed by atoms with Gasteiger partial charge in [-0.05, 0) is 6.92 Å². The van der Waals surface area contributed by atoms with Gasteiger partial charge in [0.15, 0.2) is 5.96 Å². The van der Waals surface area contributed by atoms with Crippen molar-refractivity contribution >= 4 is 11.9 Å². The number of aliphatic imine (C=N–C) groups is 1. The molecule has 5 nitrogen and oxygen atoms in total. The lowest BCUT2D eigenvalue weighted by Gasteiger charge is -2.05. The van der Waals surface area contributed by atoms with Crippen LogP contribution in [0.1, 0.15) is 6.92 Å². The van der Waals surface area contributed by atoms with E-state index in [4.69, 9.17) is 4.74 Å². The highest BCUT2D eigenvalue weighted by Crippen LogP contribution is 1.81. The topological polar surface area (TPSA) is 62.7 Å². The summed E-state index contributed by atoms with van der Waals surface area (Å²) in [6.45, 7) is 3.99. The number of hydrogen-bond donors (Lipinski definition) is 2. The number of rotatable bonds is 3. The lowest BCUT2D eigenvalue weighted by molar-refractivity contribution is -0.141. The van der Waals surface area contributed by atoms with Crippen LogP contribution in [0.4, 0.5) is 0 Å². The normalized spacial score (nSPS) is 14.9. The van der Waals surface area contributed by atoms with Gasteiger partial charge in [-0.15, -0.1) is 0 Å². The van der Waals surface area contributed by atoms with Gasteiger partial charge in [-0.1, -0.05) is 0 Å². The van der Waals surface area contributed by atoms with Crippen LogP contribution < -0.4 is 10.6 Å². The van der Waals surface area contributed by atoms with Gasteiger partial charge < -0.3 is 15.4 Å². The zero-order valence-corrected chi connectivity index (χ0v) is 7.09. The summed E-state index contributed by atoms with van der Waals surface area (Å²) in [6.07, 6.45) is 0. The summed E-state index contributed by atoms with van der Waals surface area (Å²) in [7, 11) is 0. The third kappa shape index (κ3) is 2.77.